The molecule has 33 heavy (non-hydrogen) atoms. The molecular weight excluding hydrogens is 436 g/mol. The second-order valence-corrected chi connectivity index (χ2v) is 15.2. The number of aromatic nitrogens is 2. The number of hydrogen-bond acceptors (Lipinski definition) is 5. The molecule has 0 aliphatic rings. The third-order valence-corrected chi connectivity index (χ3v) is 7.32. The molecule has 0 amide bonds. The zero-order chi connectivity index (χ0) is 24.2. The Morgan fingerprint density at radius 1 is 1.18 bits per heavy atom. The predicted octanol–water partition coefficient (Wildman–Crippen LogP) is 4.85. The molecule has 7 nitrogen and oxygen atoms in total. The van der Waals surface area contributed by atoms with Crippen LogP contribution in [0.2, 0.25) is 25.7 Å². The first-order valence-corrected chi connectivity index (χ1v) is 14.7. The number of esters is 1. The number of hydrogen-bond donors (Lipinski definition) is 1. The topological polar surface area (TPSA) is 90.6 Å². The Kier molecular flexibility index (Phi) is 7.71. The van der Waals surface area contributed by atoms with E-state index in [-0.39, 0.29) is 5.56 Å². The minimum absolute atomic E-state index is 0.106. The molecule has 1 N–H and O–H groups in total. The van der Waals surface area contributed by atoms with Crippen molar-refractivity contribution in [1.82, 2.24) is 9.78 Å². The summed E-state index contributed by atoms with van der Waals surface area (Å²) in [6, 6.07) is 11.7. The van der Waals surface area contributed by atoms with Crippen LogP contribution < -0.4 is 0 Å². The van der Waals surface area contributed by atoms with Gasteiger partial charge in [0.15, 0.2) is 0 Å². The molecule has 0 fully saturated rings. The van der Waals surface area contributed by atoms with Crippen molar-refractivity contribution in [2.24, 2.45) is 0 Å². The van der Waals surface area contributed by atoms with E-state index in [2.05, 4.69) is 24.7 Å². The molecule has 176 valence electrons. The zero-order valence-electron chi connectivity index (χ0n) is 19.9. The standard InChI is InChI=1S/C25H32N2O5Si/c1-17-12-18(13-19-15-27(26-23(17)19)16-32-10-11-33(3,4)5)14-22(25(30)31-2)20-8-6-7-9-21(20)24(28)29/h6-9,12-13,15,22H,10-11,14,16H2,1-5H3,(H,28,29)/t22-/m1/s1. The largest absolute Gasteiger partial charge is 0.478 e. The van der Waals surface area contributed by atoms with E-state index < -0.39 is 25.9 Å². The van der Waals surface area contributed by atoms with Gasteiger partial charge in [0.1, 0.15) is 6.73 Å². The van der Waals surface area contributed by atoms with Crippen molar-refractivity contribution in [3.8, 4) is 0 Å². The summed E-state index contributed by atoms with van der Waals surface area (Å²) in [7, 11) is 0.178. The summed E-state index contributed by atoms with van der Waals surface area (Å²) in [6.07, 6.45) is 2.27. The van der Waals surface area contributed by atoms with Crippen LogP contribution in [0.15, 0.2) is 42.6 Å². The highest BCUT2D eigenvalue weighted by Gasteiger charge is 2.27. The van der Waals surface area contributed by atoms with Crippen LogP contribution in [0.5, 0.6) is 0 Å². The number of fused-ring (bicyclic) bond motifs is 1. The van der Waals surface area contributed by atoms with Gasteiger partial charge in [-0.3, -0.25) is 4.79 Å². The van der Waals surface area contributed by atoms with Crippen LogP contribution in [0.3, 0.4) is 0 Å². The summed E-state index contributed by atoms with van der Waals surface area (Å²) in [5.41, 5.74) is 3.33. The van der Waals surface area contributed by atoms with Crippen LogP contribution in [-0.4, -0.2) is 48.6 Å². The fraction of sp³-hybridized carbons (Fsp3) is 0.400. The number of carbonyl (C=O) groups excluding carboxylic acids is 1. The van der Waals surface area contributed by atoms with Crippen molar-refractivity contribution >= 4 is 30.9 Å². The first kappa shape index (κ1) is 24.7. The molecule has 3 aromatic rings. The van der Waals surface area contributed by atoms with Crippen molar-refractivity contribution in [2.45, 2.75) is 51.7 Å². The van der Waals surface area contributed by atoms with Crippen LogP contribution in [0.1, 0.15) is 33.0 Å². The minimum Gasteiger partial charge on any atom is -0.478 e. The van der Waals surface area contributed by atoms with Crippen LogP contribution >= 0.6 is 0 Å². The molecule has 1 aromatic heterocycles. The second kappa shape index (κ2) is 10.3. The lowest BCUT2D eigenvalue weighted by atomic mass is 9.88. The van der Waals surface area contributed by atoms with Crippen molar-refractivity contribution < 1.29 is 24.2 Å². The first-order valence-electron chi connectivity index (χ1n) is 11.0. The van der Waals surface area contributed by atoms with Crippen molar-refractivity contribution in [3.63, 3.8) is 0 Å². The number of nitrogens with zero attached hydrogens (tertiary/aromatic N) is 2. The van der Waals surface area contributed by atoms with E-state index in [9.17, 15) is 14.7 Å². The molecule has 0 saturated carbocycles. The number of rotatable bonds is 10. The highest BCUT2D eigenvalue weighted by molar-refractivity contribution is 6.76. The van der Waals surface area contributed by atoms with Gasteiger partial charge in [0, 0.05) is 26.3 Å². The highest BCUT2D eigenvalue weighted by atomic mass is 28.3. The van der Waals surface area contributed by atoms with Gasteiger partial charge in [-0.25, -0.2) is 9.48 Å². The number of carboxylic acid groups (broad SMARTS) is 1. The number of methoxy groups -OCH3 is 1. The van der Waals surface area contributed by atoms with Gasteiger partial charge in [0.25, 0.3) is 0 Å². The average Bonchev–Trinajstić information content (AvgIpc) is 3.17. The van der Waals surface area contributed by atoms with Crippen molar-refractivity contribution in [3.05, 3.63) is 64.8 Å². The maximum Gasteiger partial charge on any atom is 0.335 e. The molecule has 0 spiro atoms. The number of benzene rings is 2. The van der Waals surface area contributed by atoms with E-state index >= 15 is 0 Å². The summed E-state index contributed by atoms with van der Waals surface area (Å²) < 4.78 is 12.6. The number of carboxylic acids is 1. The molecule has 1 heterocycles. The lowest BCUT2D eigenvalue weighted by molar-refractivity contribution is -0.142. The highest BCUT2D eigenvalue weighted by Crippen LogP contribution is 2.28. The molecule has 3 rings (SSSR count). The molecule has 0 saturated heterocycles. The van der Waals surface area contributed by atoms with E-state index in [0.29, 0.717) is 18.7 Å². The summed E-state index contributed by atoms with van der Waals surface area (Å²) in [5.74, 6) is -2.26. The van der Waals surface area contributed by atoms with Gasteiger partial charge in [0.05, 0.1) is 24.1 Å². The molecule has 0 radical (unpaired) electrons. The van der Waals surface area contributed by atoms with E-state index in [1.54, 1.807) is 22.9 Å². The maximum atomic E-state index is 12.6. The lowest BCUT2D eigenvalue weighted by Gasteiger charge is -2.17. The fourth-order valence-corrected chi connectivity index (χ4v) is 4.61. The smallest absolute Gasteiger partial charge is 0.335 e. The van der Waals surface area contributed by atoms with E-state index in [0.717, 1.165) is 34.7 Å². The first-order chi connectivity index (χ1) is 15.6. The number of carbonyl (C=O) groups is 2. The SMILES string of the molecule is COC(=O)[C@H](Cc1cc(C)c2nn(COCC[Si](C)(C)C)cc2c1)c1ccccc1C(=O)O. The Labute approximate surface area is 195 Å². The van der Waals surface area contributed by atoms with E-state index in [4.69, 9.17) is 9.47 Å². The van der Waals surface area contributed by atoms with Crippen molar-refractivity contribution in [1.29, 1.82) is 0 Å². The van der Waals surface area contributed by atoms with Gasteiger partial charge in [-0.2, -0.15) is 5.10 Å². The quantitative estimate of drug-likeness (QED) is 0.260. The Balaban J connectivity index is 1.85. The second-order valence-electron chi connectivity index (χ2n) is 9.54. The molecule has 1 atom stereocenters. The van der Waals surface area contributed by atoms with Gasteiger partial charge < -0.3 is 14.6 Å². The monoisotopic (exact) mass is 468 g/mol. The summed E-state index contributed by atoms with van der Waals surface area (Å²) >= 11 is 0. The summed E-state index contributed by atoms with van der Waals surface area (Å²) in [6.45, 7) is 10.1. The Morgan fingerprint density at radius 2 is 1.91 bits per heavy atom. The lowest BCUT2D eigenvalue weighted by Crippen LogP contribution is -2.22. The maximum absolute atomic E-state index is 12.6. The molecule has 0 bridgehead atoms. The Hall–Kier alpha value is -2.97. The summed E-state index contributed by atoms with van der Waals surface area (Å²) in [5, 5.41) is 15.2. The normalized spacial score (nSPS) is 12.6. The van der Waals surface area contributed by atoms with E-state index in [1.807, 2.05) is 25.3 Å². The average molecular weight is 469 g/mol. The van der Waals surface area contributed by atoms with Crippen LogP contribution in [0.4, 0.5) is 0 Å². The molecular formula is C25H32N2O5Si. The predicted molar refractivity (Wildman–Crippen MR) is 130 cm³/mol. The number of ether oxygens (including phenoxy) is 2. The molecule has 0 aliphatic carbocycles. The fourth-order valence-electron chi connectivity index (χ4n) is 3.85. The van der Waals surface area contributed by atoms with Gasteiger partial charge in [-0.1, -0.05) is 43.9 Å². The number of aryl methyl sites for hydroxylation is 1. The van der Waals surface area contributed by atoms with Crippen LogP contribution in [-0.2, 0) is 27.4 Å². The Bertz CT molecular complexity index is 1150. The molecule has 0 aliphatic heterocycles. The minimum atomic E-state index is -1.14. The molecule has 0 unspecified atom stereocenters. The zero-order valence-corrected chi connectivity index (χ0v) is 20.9. The molecule has 8 heteroatoms. The van der Waals surface area contributed by atoms with Crippen molar-refractivity contribution in [2.75, 3.05) is 13.7 Å². The third kappa shape index (κ3) is 6.30. The summed E-state index contributed by atoms with van der Waals surface area (Å²) in [4.78, 5) is 24.3. The van der Waals surface area contributed by atoms with Crippen LogP contribution in [0, 0.1) is 6.92 Å². The third-order valence-electron chi connectivity index (χ3n) is 5.62. The molecule has 2 aromatic carbocycles. The van der Waals surface area contributed by atoms with Gasteiger partial charge in [-0.15, -0.1) is 0 Å². The van der Waals surface area contributed by atoms with Gasteiger partial charge >= 0.3 is 11.9 Å². The van der Waals surface area contributed by atoms with Gasteiger partial charge in [0.2, 0.25) is 0 Å². The Morgan fingerprint density at radius 3 is 2.58 bits per heavy atom. The van der Waals surface area contributed by atoms with Crippen LogP contribution in [0.25, 0.3) is 10.9 Å². The van der Waals surface area contributed by atoms with E-state index in [1.165, 1.54) is 13.2 Å². The number of aromatic carboxylic acids is 1. The van der Waals surface area contributed by atoms with Gasteiger partial charge in [-0.05, 0) is 48.2 Å².